The molecule has 2 aromatic carbocycles. The maximum absolute atomic E-state index is 6.20. The molecule has 0 atom stereocenters. The Hall–Kier alpha value is -3.28. The van der Waals surface area contributed by atoms with Crippen LogP contribution < -0.4 is 20.5 Å². The van der Waals surface area contributed by atoms with Crippen molar-refractivity contribution < 1.29 is 9.47 Å². The third-order valence-electron chi connectivity index (χ3n) is 4.04. The molecule has 0 fully saturated rings. The molecule has 0 aliphatic rings. The smallest absolute Gasteiger partial charge is 0.248 e. The first-order valence-electron chi connectivity index (χ1n) is 8.95. The van der Waals surface area contributed by atoms with Crippen LogP contribution in [-0.4, -0.2) is 16.6 Å². The number of rotatable bonds is 7. The first kappa shape index (κ1) is 18.5. The highest BCUT2D eigenvalue weighted by molar-refractivity contribution is 5.72. The van der Waals surface area contributed by atoms with Crippen LogP contribution in [0.5, 0.6) is 17.4 Å². The Balaban J connectivity index is 1.75. The molecule has 6 heteroatoms. The van der Waals surface area contributed by atoms with Crippen molar-refractivity contribution >= 4 is 17.2 Å². The monoisotopic (exact) mass is 364 g/mol. The van der Waals surface area contributed by atoms with Gasteiger partial charge in [-0.15, -0.1) is 0 Å². The van der Waals surface area contributed by atoms with E-state index in [0.717, 1.165) is 11.4 Å². The SMILES string of the molecule is CCOc1ccc(Nc2ncnc(Oc3ccc(C(C)C)cc3)c2N)cc1. The fourth-order valence-corrected chi connectivity index (χ4v) is 2.53. The zero-order chi connectivity index (χ0) is 19.2. The molecule has 0 bridgehead atoms. The Morgan fingerprint density at radius 3 is 2.26 bits per heavy atom. The number of nitrogens with zero attached hydrogens (tertiary/aromatic N) is 2. The maximum Gasteiger partial charge on any atom is 0.248 e. The molecule has 3 rings (SSSR count). The molecular formula is C21H24N4O2. The molecule has 0 radical (unpaired) electrons. The third kappa shape index (κ3) is 4.67. The van der Waals surface area contributed by atoms with Crippen molar-refractivity contribution in [1.29, 1.82) is 0 Å². The van der Waals surface area contributed by atoms with Gasteiger partial charge in [-0.05, 0) is 54.8 Å². The Kier molecular flexibility index (Phi) is 5.76. The summed E-state index contributed by atoms with van der Waals surface area (Å²) in [5.74, 6) is 2.76. The first-order valence-corrected chi connectivity index (χ1v) is 8.95. The lowest BCUT2D eigenvalue weighted by Gasteiger charge is -2.13. The lowest BCUT2D eigenvalue weighted by Crippen LogP contribution is -2.03. The number of ether oxygens (including phenoxy) is 2. The second-order valence-corrected chi connectivity index (χ2v) is 6.35. The molecule has 0 amide bonds. The van der Waals surface area contributed by atoms with Crippen LogP contribution in [0.3, 0.4) is 0 Å². The molecular weight excluding hydrogens is 340 g/mol. The van der Waals surface area contributed by atoms with Crippen LogP contribution in [0.15, 0.2) is 54.9 Å². The topological polar surface area (TPSA) is 82.3 Å². The van der Waals surface area contributed by atoms with E-state index in [1.807, 2.05) is 55.5 Å². The molecule has 0 saturated carbocycles. The number of nitrogens with two attached hydrogens (primary N) is 1. The lowest BCUT2D eigenvalue weighted by molar-refractivity contribution is 0.340. The van der Waals surface area contributed by atoms with Crippen molar-refractivity contribution in [2.75, 3.05) is 17.7 Å². The minimum atomic E-state index is 0.315. The predicted octanol–water partition coefficient (Wildman–Crippen LogP) is 5.12. The maximum atomic E-state index is 6.20. The van der Waals surface area contributed by atoms with Crippen molar-refractivity contribution in [2.45, 2.75) is 26.7 Å². The molecule has 0 aliphatic heterocycles. The lowest BCUT2D eigenvalue weighted by atomic mass is 10.0. The molecule has 6 nitrogen and oxygen atoms in total. The second kappa shape index (κ2) is 8.40. The van der Waals surface area contributed by atoms with Crippen LogP contribution in [0.25, 0.3) is 0 Å². The number of anilines is 3. The zero-order valence-corrected chi connectivity index (χ0v) is 15.8. The Morgan fingerprint density at radius 2 is 1.63 bits per heavy atom. The summed E-state index contributed by atoms with van der Waals surface area (Å²) in [6, 6.07) is 15.5. The average molecular weight is 364 g/mol. The van der Waals surface area contributed by atoms with Crippen LogP contribution in [-0.2, 0) is 0 Å². The van der Waals surface area contributed by atoms with Gasteiger partial charge in [0.25, 0.3) is 0 Å². The highest BCUT2D eigenvalue weighted by Gasteiger charge is 2.11. The Morgan fingerprint density at radius 1 is 0.963 bits per heavy atom. The van der Waals surface area contributed by atoms with Crippen molar-refractivity contribution in [3.05, 3.63) is 60.4 Å². The van der Waals surface area contributed by atoms with E-state index in [2.05, 4.69) is 29.1 Å². The van der Waals surface area contributed by atoms with Crippen molar-refractivity contribution in [3.8, 4) is 17.4 Å². The normalized spacial score (nSPS) is 10.7. The van der Waals surface area contributed by atoms with Crippen LogP contribution in [0, 0.1) is 0 Å². The van der Waals surface area contributed by atoms with E-state index in [9.17, 15) is 0 Å². The van der Waals surface area contributed by atoms with E-state index in [-0.39, 0.29) is 0 Å². The zero-order valence-electron chi connectivity index (χ0n) is 15.8. The number of nitrogens with one attached hydrogen (secondary N) is 1. The molecule has 140 valence electrons. The molecule has 27 heavy (non-hydrogen) atoms. The van der Waals surface area contributed by atoms with Gasteiger partial charge in [-0.25, -0.2) is 4.98 Å². The van der Waals surface area contributed by atoms with E-state index < -0.39 is 0 Å². The van der Waals surface area contributed by atoms with Gasteiger partial charge < -0.3 is 20.5 Å². The van der Waals surface area contributed by atoms with Crippen LogP contribution in [0.1, 0.15) is 32.3 Å². The Labute approximate surface area is 159 Å². The molecule has 0 aliphatic carbocycles. The van der Waals surface area contributed by atoms with E-state index in [1.165, 1.54) is 11.9 Å². The summed E-state index contributed by atoms with van der Waals surface area (Å²) < 4.78 is 11.3. The number of benzene rings is 2. The average Bonchev–Trinajstić information content (AvgIpc) is 2.67. The summed E-state index contributed by atoms with van der Waals surface area (Å²) in [5, 5.41) is 3.18. The van der Waals surface area contributed by atoms with Gasteiger partial charge in [-0.2, -0.15) is 4.98 Å². The summed E-state index contributed by atoms with van der Waals surface area (Å²) in [5.41, 5.74) is 8.63. The molecule has 0 unspecified atom stereocenters. The summed E-state index contributed by atoms with van der Waals surface area (Å²) in [6.45, 7) is 6.88. The summed E-state index contributed by atoms with van der Waals surface area (Å²) in [7, 11) is 0. The van der Waals surface area contributed by atoms with E-state index in [0.29, 0.717) is 35.7 Å². The molecule has 1 heterocycles. The predicted molar refractivity (Wildman–Crippen MR) is 108 cm³/mol. The Bertz CT molecular complexity index is 878. The van der Waals surface area contributed by atoms with Crippen molar-refractivity contribution in [1.82, 2.24) is 9.97 Å². The number of hydrogen-bond acceptors (Lipinski definition) is 6. The van der Waals surface area contributed by atoms with Gasteiger partial charge in [-0.3, -0.25) is 0 Å². The second-order valence-electron chi connectivity index (χ2n) is 6.35. The van der Waals surface area contributed by atoms with Crippen LogP contribution >= 0.6 is 0 Å². The summed E-state index contributed by atoms with van der Waals surface area (Å²) in [4.78, 5) is 8.37. The quantitative estimate of drug-likeness (QED) is 0.606. The highest BCUT2D eigenvalue weighted by atomic mass is 16.5. The minimum Gasteiger partial charge on any atom is -0.494 e. The first-order chi connectivity index (χ1) is 13.1. The van der Waals surface area contributed by atoms with Gasteiger partial charge in [0.1, 0.15) is 23.5 Å². The fourth-order valence-electron chi connectivity index (χ4n) is 2.53. The van der Waals surface area contributed by atoms with Crippen molar-refractivity contribution in [2.24, 2.45) is 0 Å². The van der Waals surface area contributed by atoms with Crippen molar-refractivity contribution in [3.63, 3.8) is 0 Å². The number of aromatic nitrogens is 2. The van der Waals surface area contributed by atoms with E-state index in [4.69, 9.17) is 15.2 Å². The summed E-state index contributed by atoms with van der Waals surface area (Å²) >= 11 is 0. The summed E-state index contributed by atoms with van der Waals surface area (Å²) in [6.07, 6.45) is 1.42. The van der Waals surface area contributed by atoms with Crippen LogP contribution in [0.4, 0.5) is 17.2 Å². The largest absolute Gasteiger partial charge is 0.494 e. The van der Waals surface area contributed by atoms with E-state index >= 15 is 0 Å². The van der Waals surface area contributed by atoms with Gasteiger partial charge >= 0.3 is 0 Å². The molecule has 3 aromatic rings. The number of nitrogen functional groups attached to an aromatic ring is 1. The number of hydrogen-bond donors (Lipinski definition) is 2. The van der Waals surface area contributed by atoms with Gasteiger partial charge in [0.2, 0.25) is 5.88 Å². The standard InChI is InChI=1S/C21H24N4O2/c1-4-26-17-11-7-16(8-12-17)25-20-19(22)21(24-13-23-20)27-18-9-5-15(6-10-18)14(2)3/h5-14H,4,22H2,1-3H3,(H,23,24,25). The molecule has 1 aromatic heterocycles. The van der Waals surface area contributed by atoms with Gasteiger partial charge in [0.15, 0.2) is 5.82 Å². The minimum absolute atomic E-state index is 0.315. The van der Waals surface area contributed by atoms with Gasteiger partial charge in [0, 0.05) is 5.69 Å². The van der Waals surface area contributed by atoms with Gasteiger partial charge in [0.05, 0.1) is 6.61 Å². The highest BCUT2D eigenvalue weighted by Crippen LogP contribution is 2.31. The molecule has 0 spiro atoms. The van der Waals surface area contributed by atoms with Crippen LogP contribution in [0.2, 0.25) is 0 Å². The third-order valence-corrected chi connectivity index (χ3v) is 4.04. The molecule has 0 saturated heterocycles. The fraction of sp³-hybridized carbons (Fsp3) is 0.238. The molecule has 3 N–H and O–H groups in total. The van der Waals surface area contributed by atoms with Gasteiger partial charge in [-0.1, -0.05) is 26.0 Å². The van der Waals surface area contributed by atoms with E-state index in [1.54, 1.807) is 0 Å².